The van der Waals surface area contributed by atoms with Crippen LogP contribution in [0.15, 0.2) is 24.3 Å². The third-order valence-electron chi connectivity index (χ3n) is 5.50. The molecule has 148 valence electrons. The van der Waals surface area contributed by atoms with Gasteiger partial charge in [-0.1, -0.05) is 19.1 Å². The second-order valence-electron chi connectivity index (χ2n) is 7.72. The van der Waals surface area contributed by atoms with Crippen molar-refractivity contribution in [1.82, 2.24) is 24.6 Å². The van der Waals surface area contributed by atoms with E-state index < -0.39 is 0 Å². The van der Waals surface area contributed by atoms with Crippen molar-refractivity contribution >= 4 is 0 Å². The van der Waals surface area contributed by atoms with E-state index in [0.29, 0.717) is 5.92 Å². The van der Waals surface area contributed by atoms with Gasteiger partial charge in [0.25, 0.3) is 0 Å². The van der Waals surface area contributed by atoms with Gasteiger partial charge in [0.2, 0.25) is 0 Å². The first-order chi connectivity index (χ1) is 13.0. The summed E-state index contributed by atoms with van der Waals surface area (Å²) in [5, 5.41) is 4.36. The van der Waals surface area contributed by atoms with Crippen LogP contribution in [0.1, 0.15) is 37.0 Å². The molecule has 1 aliphatic rings. The lowest BCUT2D eigenvalue weighted by Crippen LogP contribution is -2.41. The van der Waals surface area contributed by atoms with Crippen molar-refractivity contribution < 1.29 is 4.39 Å². The summed E-state index contributed by atoms with van der Waals surface area (Å²) in [6, 6.07) is 6.99. The highest BCUT2D eigenvalue weighted by molar-refractivity contribution is 5.16. The van der Waals surface area contributed by atoms with Crippen molar-refractivity contribution in [3.8, 4) is 0 Å². The van der Waals surface area contributed by atoms with Crippen LogP contribution in [0.5, 0.6) is 0 Å². The van der Waals surface area contributed by atoms with Crippen LogP contribution in [0.3, 0.4) is 0 Å². The van der Waals surface area contributed by atoms with Crippen LogP contribution in [0, 0.1) is 18.7 Å². The number of piperidine rings is 1. The number of likely N-dealkylation sites (tertiary alicyclic amines) is 1. The van der Waals surface area contributed by atoms with E-state index in [0.717, 1.165) is 62.9 Å². The first-order valence-corrected chi connectivity index (χ1v) is 10.1. The van der Waals surface area contributed by atoms with Gasteiger partial charge < -0.3 is 4.90 Å². The quantitative estimate of drug-likeness (QED) is 0.713. The van der Waals surface area contributed by atoms with Crippen LogP contribution < -0.4 is 0 Å². The lowest BCUT2D eigenvalue weighted by atomic mass is 9.97. The molecule has 0 saturated carbocycles. The highest BCUT2D eigenvalue weighted by Crippen LogP contribution is 2.19. The topological polar surface area (TPSA) is 37.2 Å². The van der Waals surface area contributed by atoms with Crippen molar-refractivity contribution in [2.75, 3.05) is 32.7 Å². The Morgan fingerprint density at radius 3 is 2.89 bits per heavy atom. The number of aryl methyl sites for hydroxylation is 2. The van der Waals surface area contributed by atoms with Crippen molar-refractivity contribution in [3.05, 3.63) is 47.3 Å². The van der Waals surface area contributed by atoms with Crippen LogP contribution in [0.25, 0.3) is 0 Å². The Kier molecular flexibility index (Phi) is 6.96. The van der Waals surface area contributed by atoms with Gasteiger partial charge in [0.05, 0.1) is 6.54 Å². The molecule has 27 heavy (non-hydrogen) atoms. The van der Waals surface area contributed by atoms with E-state index in [-0.39, 0.29) is 5.82 Å². The summed E-state index contributed by atoms with van der Waals surface area (Å²) in [7, 11) is 1.97. The maximum Gasteiger partial charge on any atom is 0.147 e. The number of benzene rings is 1. The predicted octanol–water partition coefficient (Wildman–Crippen LogP) is 3.04. The fourth-order valence-corrected chi connectivity index (χ4v) is 4.05. The van der Waals surface area contributed by atoms with E-state index in [2.05, 4.69) is 26.8 Å². The molecular weight excluding hydrogens is 341 g/mol. The Labute approximate surface area is 162 Å². The van der Waals surface area contributed by atoms with E-state index in [1.807, 2.05) is 24.7 Å². The number of aromatic nitrogens is 3. The fourth-order valence-electron chi connectivity index (χ4n) is 4.05. The second-order valence-corrected chi connectivity index (χ2v) is 7.72. The zero-order valence-corrected chi connectivity index (χ0v) is 16.9. The van der Waals surface area contributed by atoms with E-state index in [1.165, 1.54) is 18.9 Å². The predicted molar refractivity (Wildman–Crippen MR) is 106 cm³/mol. The van der Waals surface area contributed by atoms with Gasteiger partial charge in [-0.25, -0.2) is 9.37 Å². The van der Waals surface area contributed by atoms with E-state index in [4.69, 9.17) is 0 Å². The first kappa shape index (κ1) is 20.0. The van der Waals surface area contributed by atoms with Crippen molar-refractivity contribution in [1.29, 1.82) is 0 Å². The Bertz CT molecular complexity index is 729. The summed E-state index contributed by atoms with van der Waals surface area (Å²) in [5.41, 5.74) is 1.09. The van der Waals surface area contributed by atoms with E-state index >= 15 is 0 Å². The van der Waals surface area contributed by atoms with Crippen LogP contribution in [-0.2, 0) is 20.0 Å². The molecule has 1 aliphatic heterocycles. The van der Waals surface area contributed by atoms with Gasteiger partial charge in [-0.2, -0.15) is 5.10 Å². The smallest absolute Gasteiger partial charge is 0.147 e. The second kappa shape index (κ2) is 9.42. The number of rotatable bonds is 8. The number of hydrogen-bond acceptors (Lipinski definition) is 4. The van der Waals surface area contributed by atoms with Crippen molar-refractivity contribution in [3.63, 3.8) is 0 Å². The van der Waals surface area contributed by atoms with Gasteiger partial charge in [0.1, 0.15) is 17.5 Å². The first-order valence-electron chi connectivity index (χ1n) is 10.1. The summed E-state index contributed by atoms with van der Waals surface area (Å²) in [4.78, 5) is 9.56. The average Bonchev–Trinajstić information content (AvgIpc) is 2.97. The summed E-state index contributed by atoms with van der Waals surface area (Å²) < 4.78 is 15.2. The van der Waals surface area contributed by atoms with Gasteiger partial charge in [-0.05, 0) is 62.9 Å². The van der Waals surface area contributed by atoms with Crippen molar-refractivity contribution in [2.24, 2.45) is 13.0 Å². The summed E-state index contributed by atoms with van der Waals surface area (Å²) in [5.74, 6) is 2.42. The van der Waals surface area contributed by atoms with Crippen LogP contribution >= 0.6 is 0 Å². The molecule has 0 aliphatic carbocycles. The highest BCUT2D eigenvalue weighted by atomic mass is 19.1. The molecular formula is C21H32FN5. The molecule has 0 unspecified atom stereocenters. The van der Waals surface area contributed by atoms with Gasteiger partial charge in [-0.3, -0.25) is 9.58 Å². The Morgan fingerprint density at radius 2 is 2.19 bits per heavy atom. The standard InChI is InChI=1S/C21H32FN5/c1-4-26(16-21-23-17(2)24-25(21)3)14-19-8-6-11-27(15-19)12-10-18-7-5-9-20(22)13-18/h5,7,9,13,19H,4,6,8,10-12,14-16H2,1-3H3/t19-/m1/s1. The molecule has 1 saturated heterocycles. The molecule has 6 heteroatoms. The number of halogens is 1. The Balaban J connectivity index is 1.50. The third-order valence-corrected chi connectivity index (χ3v) is 5.50. The third kappa shape index (κ3) is 5.84. The minimum absolute atomic E-state index is 0.137. The molecule has 0 amide bonds. The molecule has 1 fully saturated rings. The zero-order chi connectivity index (χ0) is 19.2. The molecule has 0 spiro atoms. The van der Waals surface area contributed by atoms with Crippen LogP contribution in [0.2, 0.25) is 0 Å². The minimum atomic E-state index is -0.137. The molecule has 2 heterocycles. The van der Waals surface area contributed by atoms with Gasteiger partial charge in [0, 0.05) is 26.7 Å². The Hall–Kier alpha value is -1.79. The largest absolute Gasteiger partial charge is 0.303 e. The molecule has 5 nitrogen and oxygen atoms in total. The van der Waals surface area contributed by atoms with E-state index in [1.54, 1.807) is 12.1 Å². The molecule has 0 bridgehead atoms. The molecule has 0 radical (unpaired) electrons. The zero-order valence-electron chi connectivity index (χ0n) is 16.9. The van der Waals surface area contributed by atoms with Gasteiger partial charge >= 0.3 is 0 Å². The minimum Gasteiger partial charge on any atom is -0.303 e. The van der Waals surface area contributed by atoms with Crippen LogP contribution in [0.4, 0.5) is 4.39 Å². The fraction of sp³-hybridized carbons (Fsp3) is 0.619. The average molecular weight is 374 g/mol. The lowest BCUT2D eigenvalue weighted by molar-refractivity contribution is 0.131. The number of hydrogen-bond donors (Lipinski definition) is 0. The highest BCUT2D eigenvalue weighted by Gasteiger charge is 2.22. The summed E-state index contributed by atoms with van der Waals surface area (Å²) in [6.45, 7) is 10.4. The van der Waals surface area contributed by atoms with Crippen molar-refractivity contribution in [2.45, 2.75) is 39.7 Å². The maximum atomic E-state index is 13.4. The molecule has 2 aromatic rings. The molecule has 3 rings (SSSR count). The lowest BCUT2D eigenvalue weighted by Gasteiger charge is -2.35. The van der Waals surface area contributed by atoms with Gasteiger partial charge in [-0.15, -0.1) is 0 Å². The maximum absolute atomic E-state index is 13.4. The van der Waals surface area contributed by atoms with Crippen LogP contribution in [-0.4, -0.2) is 57.3 Å². The SMILES string of the molecule is CCN(Cc1nc(C)nn1C)C[C@H]1CCCN(CCc2cccc(F)c2)C1. The normalized spacial score (nSPS) is 18.3. The molecule has 0 N–H and O–H groups in total. The molecule has 1 atom stereocenters. The van der Waals surface area contributed by atoms with E-state index in [9.17, 15) is 4.39 Å². The van der Waals surface area contributed by atoms with Gasteiger partial charge in [0.15, 0.2) is 0 Å². The number of nitrogens with zero attached hydrogens (tertiary/aromatic N) is 5. The Morgan fingerprint density at radius 1 is 1.33 bits per heavy atom. The summed E-state index contributed by atoms with van der Waals surface area (Å²) >= 11 is 0. The summed E-state index contributed by atoms with van der Waals surface area (Å²) in [6.07, 6.45) is 3.44. The molecule has 1 aromatic heterocycles. The molecule has 1 aromatic carbocycles. The monoisotopic (exact) mass is 373 g/mol.